The van der Waals surface area contributed by atoms with Crippen molar-refractivity contribution in [2.24, 2.45) is 96.2 Å². The number of nitrogens with one attached hydrogen (secondary N) is 1. The van der Waals surface area contributed by atoms with Gasteiger partial charge in [-0.3, -0.25) is 19.6 Å². The summed E-state index contributed by atoms with van der Waals surface area (Å²) in [6, 6.07) is 13.1. The number of allylic oxidation sites excluding steroid dienone is 1. The number of hydrogen-bond acceptors (Lipinski definition) is 12. The van der Waals surface area contributed by atoms with E-state index in [1.165, 1.54) is 102 Å². The van der Waals surface area contributed by atoms with Crippen molar-refractivity contribution in [2.75, 3.05) is 25.4 Å². The van der Waals surface area contributed by atoms with E-state index in [4.69, 9.17) is 31.7 Å². The minimum Gasteiger partial charge on any atom is -0.504 e. The molecule has 6 spiro atoms. The number of nitrogens with zero attached hydrogens (tertiary/aromatic N) is 3. The molecule has 6 heterocycles. The highest BCUT2D eigenvalue weighted by molar-refractivity contribution is 8.77. The number of aliphatic hydroxyl groups is 1. The number of nitrogens with two attached hydrogens (primary N) is 3. The summed E-state index contributed by atoms with van der Waals surface area (Å²) in [5.41, 5.74) is 22.4. The van der Waals surface area contributed by atoms with Gasteiger partial charge in [-0.2, -0.15) is 0 Å². The summed E-state index contributed by atoms with van der Waals surface area (Å²) < 4.78 is 13.9. The maximum Gasteiger partial charge on any atom is 0.303 e. The zero-order chi connectivity index (χ0) is 58.8. The van der Waals surface area contributed by atoms with E-state index in [1.54, 1.807) is 6.92 Å². The molecule has 10 fully saturated rings. The molecule has 2 aromatic rings. The highest BCUT2D eigenvalue weighted by atomic mass is 33.1. The van der Waals surface area contributed by atoms with Crippen molar-refractivity contribution >= 4 is 45.4 Å². The second-order valence-electron chi connectivity index (χ2n) is 31.1. The lowest BCUT2D eigenvalue weighted by Crippen LogP contribution is -2.56. The number of aromatic hydroxyl groups is 1. The fourth-order valence-corrected chi connectivity index (χ4v) is 27.8. The number of rotatable bonds is 4. The number of carbonyl (C=O) groups is 2. The van der Waals surface area contributed by atoms with Gasteiger partial charge in [-0.25, -0.2) is 0 Å². The number of aliphatic imine (C=N–C) groups is 2. The highest BCUT2D eigenvalue weighted by Crippen LogP contribution is 2.75. The quantitative estimate of drug-likeness (QED) is 0.0555. The van der Waals surface area contributed by atoms with Gasteiger partial charge in [0.25, 0.3) is 0 Å². The van der Waals surface area contributed by atoms with Gasteiger partial charge in [0.1, 0.15) is 16.1 Å². The first-order chi connectivity index (χ1) is 41.6. The van der Waals surface area contributed by atoms with Gasteiger partial charge in [0.2, 0.25) is 5.91 Å². The first-order valence-electron chi connectivity index (χ1n) is 34.5. The van der Waals surface area contributed by atoms with Gasteiger partial charge in [0, 0.05) is 85.5 Å². The van der Waals surface area contributed by atoms with Gasteiger partial charge < -0.3 is 47.1 Å². The molecule has 10 bridgehead atoms. The Bertz CT molecular complexity index is 3040. The number of aryl methyl sites for hydroxylation is 1. The van der Waals surface area contributed by atoms with Crippen LogP contribution in [0.5, 0.6) is 11.5 Å². The van der Waals surface area contributed by atoms with Crippen molar-refractivity contribution in [1.82, 2.24) is 10.2 Å². The topological polar surface area (TPSA) is 211 Å². The average molecular weight is 1210 g/mol. The fraction of sp³-hybridized carbons (Fsp3) is 0.746. The predicted molar refractivity (Wildman–Crippen MR) is 342 cm³/mol. The molecular formula is C71H99N7O6S2. The molecule has 13 nitrogen and oxygen atoms in total. The number of hydrogen-bond donors (Lipinski definition) is 6. The zero-order valence-corrected chi connectivity index (χ0v) is 53.1. The van der Waals surface area contributed by atoms with Crippen molar-refractivity contribution in [3.63, 3.8) is 0 Å². The Kier molecular flexibility index (Phi) is 15.0. The summed E-state index contributed by atoms with van der Waals surface area (Å²) in [7, 11) is 4.27. The fourth-order valence-electron chi connectivity index (χ4n) is 23.8. The average Bonchev–Trinajstić information content (AvgIpc) is 1.55. The normalized spacial score (nSPS) is 43.0. The van der Waals surface area contributed by atoms with Crippen LogP contribution in [0.4, 0.5) is 0 Å². The molecule has 1 amide bonds. The Morgan fingerprint density at radius 1 is 0.837 bits per heavy atom. The lowest BCUT2D eigenvalue weighted by atomic mass is 9.49. The number of amides is 1. The molecule has 9 saturated carbocycles. The van der Waals surface area contributed by atoms with E-state index in [-0.39, 0.29) is 80.3 Å². The molecule has 9 N–H and O–H groups in total. The second-order valence-corrected chi connectivity index (χ2v) is 33.8. The summed E-state index contributed by atoms with van der Waals surface area (Å²) in [6.07, 6.45) is 34.4. The van der Waals surface area contributed by atoms with Gasteiger partial charge in [0.15, 0.2) is 23.4 Å². The Morgan fingerprint density at radius 3 is 2.45 bits per heavy atom. The van der Waals surface area contributed by atoms with E-state index in [1.807, 2.05) is 4.90 Å². The smallest absolute Gasteiger partial charge is 0.303 e. The number of phenols is 1. The molecule has 1 saturated heterocycles. The second kappa shape index (κ2) is 22.1. The number of esters is 1. The molecule has 15 heteroatoms. The van der Waals surface area contributed by atoms with Crippen LogP contribution in [0.1, 0.15) is 221 Å². The molecule has 6 aliphatic heterocycles. The van der Waals surface area contributed by atoms with Crippen molar-refractivity contribution < 1.29 is 29.3 Å². The van der Waals surface area contributed by atoms with Crippen LogP contribution in [0.2, 0.25) is 0 Å². The van der Waals surface area contributed by atoms with E-state index in [0.29, 0.717) is 92.1 Å². The maximum absolute atomic E-state index is 15.1. The van der Waals surface area contributed by atoms with Crippen molar-refractivity contribution in [2.45, 2.75) is 234 Å². The van der Waals surface area contributed by atoms with Crippen LogP contribution in [-0.4, -0.2) is 86.5 Å². The van der Waals surface area contributed by atoms with Gasteiger partial charge in [-0.15, -0.1) is 0 Å². The summed E-state index contributed by atoms with van der Waals surface area (Å²) in [6.45, 7) is 3.68. The van der Waals surface area contributed by atoms with Gasteiger partial charge in [0.05, 0.1) is 6.10 Å². The number of benzene rings is 2. The minimum absolute atomic E-state index is 0.0733. The largest absolute Gasteiger partial charge is 0.504 e. The maximum atomic E-state index is 15.1. The van der Waals surface area contributed by atoms with Crippen LogP contribution in [0.3, 0.4) is 0 Å². The minimum atomic E-state index is -0.842. The van der Waals surface area contributed by atoms with E-state index in [0.717, 1.165) is 87.1 Å². The van der Waals surface area contributed by atoms with Crippen molar-refractivity contribution in [3.05, 3.63) is 70.8 Å². The Hall–Kier alpha value is -4.08. The molecule has 17 atom stereocenters. The monoisotopic (exact) mass is 1210 g/mol. The van der Waals surface area contributed by atoms with Crippen LogP contribution in [-0.2, 0) is 27.3 Å². The van der Waals surface area contributed by atoms with E-state index in [9.17, 15) is 15.0 Å². The Labute approximate surface area is 519 Å². The number of ether oxygens (including phenoxy) is 2. The molecule has 18 rings (SSSR count). The molecule has 0 aromatic heterocycles. The third-order valence-electron chi connectivity index (χ3n) is 27.5. The third kappa shape index (κ3) is 9.50. The lowest BCUT2D eigenvalue weighted by Gasteiger charge is -2.57. The Morgan fingerprint density at radius 2 is 1.63 bits per heavy atom. The molecule has 16 aliphatic rings. The Balaban J connectivity index is 0.817. The van der Waals surface area contributed by atoms with Crippen LogP contribution >= 0.6 is 21.6 Å². The summed E-state index contributed by atoms with van der Waals surface area (Å²) in [4.78, 5) is 40.4. The van der Waals surface area contributed by atoms with Crippen molar-refractivity contribution in [3.8, 4) is 11.5 Å². The summed E-state index contributed by atoms with van der Waals surface area (Å²) in [5, 5.41) is 29.9. The van der Waals surface area contributed by atoms with E-state index < -0.39 is 17.3 Å². The van der Waals surface area contributed by atoms with Crippen LogP contribution < -0.4 is 27.3 Å². The van der Waals surface area contributed by atoms with Crippen LogP contribution in [0.25, 0.3) is 0 Å². The van der Waals surface area contributed by atoms with Crippen LogP contribution in [0, 0.1) is 69.0 Å². The van der Waals surface area contributed by atoms with E-state index in [2.05, 4.69) is 80.4 Å². The molecule has 86 heavy (non-hydrogen) atoms. The van der Waals surface area contributed by atoms with Gasteiger partial charge in [-0.1, -0.05) is 77.3 Å². The van der Waals surface area contributed by atoms with E-state index >= 15 is 4.79 Å². The molecule has 2 aromatic carbocycles. The molecule has 0 unspecified atom stereocenters. The first kappa shape index (κ1) is 58.3. The summed E-state index contributed by atoms with van der Waals surface area (Å²) in [5.74, 6) is 6.16. The number of fused-ring (bicyclic) bond motifs is 2. The number of guanidine groups is 2. The van der Waals surface area contributed by atoms with Gasteiger partial charge in [-0.05, 0) is 236 Å². The standard InChI is InChI=1S/C71H99N7O6S2/c1-44(79)83-67-29-19-46-32-51(61(82)62-60(46)47-20-31-70(84-62)27-7-12-52(70)33-47)41-78-43-68(38-59(78)81)53(17-18-57(68)45-10-3-2-4-11-45)40-76-64(74)77-71(28-9-24-65(71)22-5-6-23-65)86-85-42-54-16-15-49(55(21-30-67)58(80)37-67)35-69(54)26-8-25-66(69)34-48-13-14-50(56(48)36-66)39-75-63(72)73/h2-4,10-11,20,31-32,47-50,52-58,80,82H,5-9,12-19,21-30,33-43H2,1H3,(H4,72,73,75)(H3,74,76,77)/t47-,48+,49-,50-,52-,53-,54-,55-,56+,57-,58+,66-,67-,68-,69+,70+,71+/m0/s1. The molecule has 466 valence electrons. The predicted octanol–water partition coefficient (Wildman–Crippen LogP) is 12.7. The molecule has 10 aliphatic carbocycles. The molecular weight excluding hydrogens is 1110 g/mol. The molecule has 0 radical (unpaired) electrons. The zero-order valence-electron chi connectivity index (χ0n) is 51.4. The SMILES string of the molecule is CC(=O)O[C@@]12CCc3cc(c(O)c4c3[C@H]3C=C[C@@]5(CCC[C@H]5C3)O4)CN3C[C@@]4(CC3=O)[C@@H](CC[C@H]4c3ccccc3)CN=C(N)N[C@]3(CCCC34CCCC4)SSC[C@@H]3CC[C@@H](C[C@]34CCC[C@@]43C[C@H]4CC[C@@H](CN=C(N)N)[C@@H]4C3)[C@H](CC1)[C@H](O)C2. The van der Waals surface area contributed by atoms with Gasteiger partial charge >= 0.3 is 5.97 Å². The summed E-state index contributed by atoms with van der Waals surface area (Å²) >= 11 is 0. The van der Waals surface area contributed by atoms with Crippen molar-refractivity contribution in [1.29, 1.82) is 0 Å². The first-order valence-corrected chi connectivity index (χ1v) is 36.8. The number of phenolic OH excluding ortho intramolecular Hbond substituents is 1. The third-order valence-corrected chi connectivity index (χ3v) is 30.8. The highest BCUT2D eigenvalue weighted by Gasteiger charge is 2.66. The number of aliphatic hydroxyl groups excluding tert-OH is 1. The number of carbonyl (C=O) groups excluding carboxylic acids is 2. The lowest BCUT2D eigenvalue weighted by molar-refractivity contribution is -0.172. The van der Waals surface area contributed by atoms with Crippen LogP contribution in [0.15, 0.2) is 58.5 Å².